The van der Waals surface area contributed by atoms with E-state index in [4.69, 9.17) is 0 Å². The number of rotatable bonds is 2. The van der Waals surface area contributed by atoms with Crippen molar-refractivity contribution in [2.24, 2.45) is 7.05 Å². The second-order valence-corrected chi connectivity index (χ2v) is 5.33. The third-order valence-electron chi connectivity index (χ3n) is 2.98. The van der Waals surface area contributed by atoms with Crippen LogP contribution < -0.4 is 5.69 Å². The Morgan fingerprint density at radius 3 is 2.71 bits per heavy atom. The van der Waals surface area contributed by atoms with Crippen LogP contribution in [-0.4, -0.2) is 19.8 Å². The smallest absolute Gasteiger partial charge is 0.244 e. The summed E-state index contributed by atoms with van der Waals surface area (Å²) in [6, 6.07) is 6.01. The number of aromatic nitrogens is 4. The first kappa shape index (κ1) is 10.9. The number of tetrazole rings is 1. The van der Waals surface area contributed by atoms with Gasteiger partial charge in [-0.3, -0.25) is 0 Å². The number of hydrogen-bond donors (Lipinski definition) is 0. The molecule has 0 unspecified atom stereocenters. The van der Waals surface area contributed by atoms with Gasteiger partial charge in [-0.1, -0.05) is 12.1 Å². The molecule has 0 bridgehead atoms. The summed E-state index contributed by atoms with van der Waals surface area (Å²) >= 11 is 2.29. The third kappa shape index (κ3) is 1.80. The van der Waals surface area contributed by atoms with E-state index in [1.165, 1.54) is 27.8 Å². The Morgan fingerprint density at radius 1 is 1.35 bits per heavy atom. The third-order valence-corrected chi connectivity index (χ3v) is 4.15. The van der Waals surface area contributed by atoms with E-state index >= 15 is 0 Å². The van der Waals surface area contributed by atoms with Gasteiger partial charge in [-0.25, -0.2) is 4.79 Å². The standard InChI is InChI=1S/C11H11IN4O/c1-15-11(17)16(14-13-15)9-4-2-3-8(10(9)12)7-5-6-7/h2-4,7H,5-6H2,1H3. The molecule has 3 rings (SSSR count). The minimum Gasteiger partial charge on any atom is -0.244 e. The number of nitrogens with zero attached hydrogens (tertiary/aromatic N) is 4. The molecule has 0 N–H and O–H groups in total. The zero-order chi connectivity index (χ0) is 12.0. The lowest BCUT2D eigenvalue weighted by molar-refractivity contribution is 0.692. The second-order valence-electron chi connectivity index (χ2n) is 4.25. The molecule has 1 aromatic heterocycles. The molecule has 1 fully saturated rings. The topological polar surface area (TPSA) is 52.7 Å². The predicted octanol–water partition coefficient (Wildman–Crippen LogP) is 1.45. The Morgan fingerprint density at radius 2 is 2.12 bits per heavy atom. The molecule has 88 valence electrons. The number of halogens is 1. The van der Waals surface area contributed by atoms with Gasteiger partial charge in [-0.2, -0.15) is 9.36 Å². The van der Waals surface area contributed by atoms with Crippen LogP contribution in [0.25, 0.3) is 5.69 Å². The molecule has 2 aromatic rings. The van der Waals surface area contributed by atoms with E-state index in [1.807, 2.05) is 12.1 Å². The van der Waals surface area contributed by atoms with Gasteiger partial charge in [0.15, 0.2) is 0 Å². The van der Waals surface area contributed by atoms with Crippen LogP contribution >= 0.6 is 22.6 Å². The molecule has 6 heteroatoms. The van der Waals surface area contributed by atoms with Crippen LogP contribution in [0.15, 0.2) is 23.0 Å². The molecule has 1 aliphatic rings. The van der Waals surface area contributed by atoms with E-state index in [1.54, 1.807) is 7.05 Å². The summed E-state index contributed by atoms with van der Waals surface area (Å²) in [4.78, 5) is 11.8. The van der Waals surface area contributed by atoms with E-state index in [9.17, 15) is 4.79 Å². The van der Waals surface area contributed by atoms with E-state index < -0.39 is 0 Å². The van der Waals surface area contributed by atoms with E-state index in [0.717, 1.165) is 9.26 Å². The number of benzene rings is 1. The molecular weight excluding hydrogens is 331 g/mol. The van der Waals surface area contributed by atoms with Crippen LogP contribution in [0, 0.1) is 3.57 Å². The highest BCUT2D eigenvalue weighted by Crippen LogP contribution is 2.42. The average Bonchev–Trinajstić information content (AvgIpc) is 3.10. The minimum absolute atomic E-state index is 0.212. The molecule has 0 amide bonds. The lowest BCUT2D eigenvalue weighted by Gasteiger charge is -2.07. The fourth-order valence-corrected chi connectivity index (χ4v) is 2.90. The van der Waals surface area contributed by atoms with Crippen molar-refractivity contribution in [3.63, 3.8) is 0 Å². The Balaban J connectivity index is 2.18. The van der Waals surface area contributed by atoms with Crippen molar-refractivity contribution in [3.05, 3.63) is 37.8 Å². The van der Waals surface area contributed by atoms with E-state index in [0.29, 0.717) is 5.92 Å². The summed E-state index contributed by atoms with van der Waals surface area (Å²) in [5, 5.41) is 7.62. The van der Waals surface area contributed by atoms with Gasteiger partial charge in [0.25, 0.3) is 0 Å². The molecule has 5 nitrogen and oxygen atoms in total. The van der Waals surface area contributed by atoms with Crippen molar-refractivity contribution in [2.45, 2.75) is 18.8 Å². The SMILES string of the molecule is Cn1nnn(-c2cccc(C3CC3)c2I)c1=O. The van der Waals surface area contributed by atoms with Gasteiger partial charge < -0.3 is 0 Å². The Hall–Kier alpha value is -1.18. The molecule has 1 aromatic carbocycles. The molecule has 17 heavy (non-hydrogen) atoms. The van der Waals surface area contributed by atoms with Crippen molar-refractivity contribution in [3.8, 4) is 5.69 Å². The van der Waals surface area contributed by atoms with Crippen LogP contribution in [0.5, 0.6) is 0 Å². The van der Waals surface area contributed by atoms with Crippen LogP contribution in [0.4, 0.5) is 0 Å². The zero-order valence-electron chi connectivity index (χ0n) is 9.30. The fraction of sp³-hybridized carbons (Fsp3) is 0.364. The van der Waals surface area contributed by atoms with Gasteiger partial charge >= 0.3 is 5.69 Å². The first-order chi connectivity index (χ1) is 8.18. The van der Waals surface area contributed by atoms with Gasteiger partial charge in [0.1, 0.15) is 0 Å². The molecule has 0 spiro atoms. The first-order valence-electron chi connectivity index (χ1n) is 5.46. The highest BCUT2D eigenvalue weighted by atomic mass is 127. The van der Waals surface area contributed by atoms with Crippen LogP contribution in [-0.2, 0) is 7.05 Å². The number of aryl methyl sites for hydroxylation is 1. The van der Waals surface area contributed by atoms with E-state index in [2.05, 4.69) is 39.1 Å². The van der Waals surface area contributed by atoms with Crippen molar-refractivity contribution < 1.29 is 0 Å². The molecule has 1 heterocycles. The maximum absolute atomic E-state index is 11.8. The van der Waals surface area contributed by atoms with Crippen LogP contribution in [0.3, 0.4) is 0 Å². The fourth-order valence-electron chi connectivity index (χ4n) is 1.88. The lowest BCUT2D eigenvalue weighted by atomic mass is 10.1. The summed E-state index contributed by atoms with van der Waals surface area (Å²) in [7, 11) is 1.60. The van der Waals surface area contributed by atoms with Crippen LogP contribution in [0.1, 0.15) is 24.3 Å². The first-order valence-corrected chi connectivity index (χ1v) is 6.54. The monoisotopic (exact) mass is 342 g/mol. The second kappa shape index (κ2) is 3.94. The zero-order valence-corrected chi connectivity index (χ0v) is 11.5. The molecule has 0 aliphatic heterocycles. The van der Waals surface area contributed by atoms with Crippen molar-refractivity contribution >= 4 is 22.6 Å². The molecule has 1 aliphatic carbocycles. The van der Waals surface area contributed by atoms with Crippen molar-refractivity contribution in [1.82, 2.24) is 19.8 Å². The summed E-state index contributed by atoms with van der Waals surface area (Å²) in [5.74, 6) is 0.661. The molecular formula is C11H11IN4O. The van der Waals surface area contributed by atoms with Gasteiger partial charge in [-0.15, -0.1) is 0 Å². The van der Waals surface area contributed by atoms with E-state index in [-0.39, 0.29) is 5.69 Å². The predicted molar refractivity (Wildman–Crippen MR) is 71.3 cm³/mol. The maximum atomic E-state index is 11.8. The molecule has 0 atom stereocenters. The minimum atomic E-state index is -0.212. The van der Waals surface area contributed by atoms with Gasteiger partial charge in [0.05, 0.1) is 5.69 Å². The summed E-state index contributed by atoms with van der Waals surface area (Å²) < 4.78 is 3.70. The largest absolute Gasteiger partial charge is 0.368 e. The number of hydrogen-bond acceptors (Lipinski definition) is 3. The van der Waals surface area contributed by atoms with Crippen LogP contribution in [0.2, 0.25) is 0 Å². The maximum Gasteiger partial charge on any atom is 0.368 e. The quantitative estimate of drug-likeness (QED) is 0.777. The highest BCUT2D eigenvalue weighted by molar-refractivity contribution is 14.1. The average molecular weight is 342 g/mol. The van der Waals surface area contributed by atoms with Gasteiger partial charge in [0, 0.05) is 10.6 Å². The molecule has 0 radical (unpaired) electrons. The molecule has 1 saturated carbocycles. The van der Waals surface area contributed by atoms with Crippen molar-refractivity contribution in [2.75, 3.05) is 0 Å². The summed E-state index contributed by atoms with van der Waals surface area (Å²) in [5.41, 5.74) is 1.93. The van der Waals surface area contributed by atoms with Gasteiger partial charge in [-0.05, 0) is 63.4 Å². The molecule has 0 saturated heterocycles. The Bertz CT molecular complexity index is 627. The van der Waals surface area contributed by atoms with Crippen molar-refractivity contribution in [1.29, 1.82) is 0 Å². The normalized spacial score (nSPS) is 15.2. The highest BCUT2D eigenvalue weighted by Gasteiger charge is 2.27. The summed E-state index contributed by atoms with van der Waals surface area (Å²) in [6.45, 7) is 0. The lowest BCUT2D eigenvalue weighted by Crippen LogP contribution is -2.22. The Kier molecular flexibility index (Phi) is 2.53. The summed E-state index contributed by atoms with van der Waals surface area (Å²) in [6.07, 6.45) is 2.49. The Labute approximate surface area is 112 Å². The van der Waals surface area contributed by atoms with Gasteiger partial charge in [0.2, 0.25) is 0 Å².